The Bertz CT molecular complexity index is 1190. The van der Waals surface area contributed by atoms with Crippen molar-refractivity contribution < 1.29 is 14.3 Å². The Labute approximate surface area is 186 Å². The van der Waals surface area contributed by atoms with Crippen LogP contribution in [0.1, 0.15) is 15.9 Å². The fraction of sp³-hybridized carbons (Fsp3) is 0.160. The van der Waals surface area contributed by atoms with E-state index in [1.54, 1.807) is 43.6 Å². The Kier molecular flexibility index (Phi) is 6.46. The van der Waals surface area contributed by atoms with Gasteiger partial charge in [0.15, 0.2) is 11.5 Å². The van der Waals surface area contributed by atoms with Crippen molar-refractivity contribution in [2.75, 3.05) is 20.8 Å². The standard InChI is InChI=1S/C25H24N4O3/c1-31-22-11-10-19(15-23(22)32-2)24-21(17-29(28-24)20-8-4-3-5-9-20)25(30)27-14-12-18-7-6-13-26-16-18/h3-11,13,15-17H,12,14H2,1-2H3,(H,27,30). The zero-order valence-electron chi connectivity index (χ0n) is 18.0. The van der Waals surface area contributed by atoms with Gasteiger partial charge in [-0.3, -0.25) is 9.78 Å². The van der Waals surface area contributed by atoms with Crippen LogP contribution in [-0.4, -0.2) is 41.4 Å². The molecule has 0 unspecified atom stereocenters. The Hall–Kier alpha value is -4.13. The van der Waals surface area contributed by atoms with E-state index in [2.05, 4.69) is 10.3 Å². The molecule has 0 aliphatic rings. The van der Waals surface area contributed by atoms with E-state index in [1.165, 1.54) is 0 Å². The van der Waals surface area contributed by atoms with Gasteiger partial charge in [0.2, 0.25) is 0 Å². The van der Waals surface area contributed by atoms with Crippen LogP contribution in [0.4, 0.5) is 0 Å². The molecule has 7 nitrogen and oxygen atoms in total. The fourth-order valence-electron chi connectivity index (χ4n) is 3.41. The molecule has 2 aromatic heterocycles. The Morgan fingerprint density at radius 1 is 1.00 bits per heavy atom. The number of ether oxygens (including phenoxy) is 2. The number of benzene rings is 2. The molecule has 0 aliphatic heterocycles. The first-order valence-electron chi connectivity index (χ1n) is 10.2. The van der Waals surface area contributed by atoms with Gasteiger partial charge in [0.05, 0.1) is 25.5 Å². The van der Waals surface area contributed by atoms with Crippen molar-refractivity contribution in [3.05, 3.63) is 90.4 Å². The number of hydrogen-bond acceptors (Lipinski definition) is 5. The maximum absolute atomic E-state index is 13.1. The smallest absolute Gasteiger partial charge is 0.255 e. The van der Waals surface area contributed by atoms with Gasteiger partial charge in [0, 0.05) is 30.7 Å². The summed E-state index contributed by atoms with van der Waals surface area (Å²) >= 11 is 0. The van der Waals surface area contributed by atoms with Gasteiger partial charge in [-0.1, -0.05) is 24.3 Å². The molecule has 4 rings (SSSR count). The third-order valence-electron chi connectivity index (χ3n) is 5.06. The summed E-state index contributed by atoms with van der Waals surface area (Å²) in [6, 6.07) is 19.0. The van der Waals surface area contributed by atoms with Gasteiger partial charge in [-0.25, -0.2) is 4.68 Å². The molecule has 0 saturated heterocycles. The lowest BCUT2D eigenvalue weighted by Crippen LogP contribution is -2.25. The van der Waals surface area contributed by atoms with Crippen LogP contribution in [0.5, 0.6) is 11.5 Å². The third-order valence-corrected chi connectivity index (χ3v) is 5.06. The minimum Gasteiger partial charge on any atom is -0.493 e. The number of para-hydroxylation sites is 1. The summed E-state index contributed by atoms with van der Waals surface area (Å²) in [7, 11) is 3.17. The zero-order chi connectivity index (χ0) is 22.3. The summed E-state index contributed by atoms with van der Waals surface area (Å²) in [5.74, 6) is 0.990. The monoisotopic (exact) mass is 428 g/mol. The summed E-state index contributed by atoms with van der Waals surface area (Å²) in [4.78, 5) is 17.2. The number of carbonyl (C=O) groups is 1. The van der Waals surface area contributed by atoms with Gasteiger partial charge in [0.1, 0.15) is 5.69 Å². The lowest BCUT2D eigenvalue weighted by atomic mass is 10.1. The summed E-state index contributed by atoms with van der Waals surface area (Å²) in [6.45, 7) is 0.492. The summed E-state index contributed by atoms with van der Waals surface area (Å²) in [5, 5.41) is 7.72. The molecule has 0 aliphatic carbocycles. The summed E-state index contributed by atoms with van der Waals surface area (Å²) in [6.07, 6.45) is 5.98. The number of methoxy groups -OCH3 is 2. The van der Waals surface area contributed by atoms with E-state index < -0.39 is 0 Å². The van der Waals surface area contributed by atoms with E-state index in [0.717, 1.165) is 16.8 Å². The van der Waals surface area contributed by atoms with Crippen molar-refractivity contribution in [2.24, 2.45) is 0 Å². The molecular formula is C25H24N4O3. The number of aromatic nitrogens is 3. The number of nitrogens with one attached hydrogen (secondary N) is 1. The van der Waals surface area contributed by atoms with Crippen molar-refractivity contribution >= 4 is 5.91 Å². The highest BCUT2D eigenvalue weighted by atomic mass is 16.5. The molecule has 32 heavy (non-hydrogen) atoms. The van der Waals surface area contributed by atoms with Gasteiger partial charge in [-0.15, -0.1) is 0 Å². The maximum Gasteiger partial charge on any atom is 0.255 e. The van der Waals surface area contributed by atoms with Crippen LogP contribution >= 0.6 is 0 Å². The van der Waals surface area contributed by atoms with Gasteiger partial charge < -0.3 is 14.8 Å². The number of nitrogens with zero attached hydrogens (tertiary/aromatic N) is 3. The predicted molar refractivity (Wildman–Crippen MR) is 122 cm³/mol. The molecular weight excluding hydrogens is 404 g/mol. The fourth-order valence-corrected chi connectivity index (χ4v) is 3.41. The second-order valence-corrected chi connectivity index (χ2v) is 7.11. The van der Waals surface area contributed by atoms with E-state index in [4.69, 9.17) is 14.6 Å². The number of amides is 1. The lowest BCUT2D eigenvalue weighted by molar-refractivity contribution is 0.0954. The van der Waals surface area contributed by atoms with Gasteiger partial charge in [-0.2, -0.15) is 5.10 Å². The number of hydrogen-bond donors (Lipinski definition) is 1. The van der Waals surface area contributed by atoms with E-state index in [9.17, 15) is 4.79 Å². The molecule has 0 bridgehead atoms. The Morgan fingerprint density at radius 2 is 1.81 bits per heavy atom. The van der Waals surface area contributed by atoms with E-state index in [-0.39, 0.29) is 5.91 Å². The normalized spacial score (nSPS) is 10.6. The summed E-state index contributed by atoms with van der Waals surface area (Å²) < 4.78 is 12.5. The molecule has 4 aromatic rings. The molecule has 0 spiro atoms. The van der Waals surface area contributed by atoms with Gasteiger partial charge >= 0.3 is 0 Å². The SMILES string of the molecule is COc1ccc(-c2nn(-c3ccccc3)cc2C(=O)NCCc2cccnc2)cc1OC. The molecule has 0 saturated carbocycles. The van der Waals surface area contributed by atoms with Crippen LogP contribution in [0.25, 0.3) is 16.9 Å². The first-order valence-corrected chi connectivity index (χ1v) is 10.2. The van der Waals surface area contributed by atoms with Gasteiger partial charge in [-0.05, 0) is 48.4 Å². The van der Waals surface area contributed by atoms with Crippen molar-refractivity contribution in [2.45, 2.75) is 6.42 Å². The second-order valence-electron chi connectivity index (χ2n) is 7.11. The maximum atomic E-state index is 13.1. The van der Waals surface area contributed by atoms with Crippen LogP contribution in [-0.2, 0) is 6.42 Å². The Balaban J connectivity index is 1.65. The molecule has 2 heterocycles. The quantitative estimate of drug-likeness (QED) is 0.460. The minimum atomic E-state index is -0.194. The largest absolute Gasteiger partial charge is 0.493 e. The highest BCUT2D eigenvalue weighted by molar-refractivity contribution is 6.00. The molecule has 2 aromatic carbocycles. The topological polar surface area (TPSA) is 78.3 Å². The van der Waals surface area contributed by atoms with Crippen LogP contribution < -0.4 is 14.8 Å². The van der Waals surface area contributed by atoms with Crippen LogP contribution in [0.3, 0.4) is 0 Å². The molecule has 1 N–H and O–H groups in total. The number of carbonyl (C=O) groups excluding carboxylic acids is 1. The molecule has 7 heteroatoms. The van der Waals surface area contributed by atoms with E-state index in [0.29, 0.717) is 35.7 Å². The Morgan fingerprint density at radius 3 is 2.53 bits per heavy atom. The highest BCUT2D eigenvalue weighted by Gasteiger charge is 2.20. The molecule has 0 fully saturated rings. The predicted octanol–water partition coefficient (Wildman–Crippen LogP) is 3.92. The van der Waals surface area contributed by atoms with Crippen molar-refractivity contribution in [1.29, 1.82) is 0 Å². The average molecular weight is 428 g/mol. The van der Waals surface area contributed by atoms with Gasteiger partial charge in [0.25, 0.3) is 5.91 Å². The van der Waals surface area contributed by atoms with Crippen LogP contribution in [0, 0.1) is 0 Å². The van der Waals surface area contributed by atoms with E-state index in [1.807, 2.05) is 54.6 Å². The van der Waals surface area contributed by atoms with Crippen molar-refractivity contribution in [3.63, 3.8) is 0 Å². The average Bonchev–Trinajstić information content (AvgIpc) is 3.30. The van der Waals surface area contributed by atoms with E-state index >= 15 is 0 Å². The summed E-state index contributed by atoms with van der Waals surface area (Å²) in [5.41, 5.74) is 3.73. The van der Waals surface area contributed by atoms with Crippen molar-refractivity contribution in [1.82, 2.24) is 20.1 Å². The third kappa shape index (κ3) is 4.62. The van der Waals surface area contributed by atoms with Crippen LogP contribution in [0.2, 0.25) is 0 Å². The first kappa shape index (κ1) is 21.1. The number of rotatable bonds is 8. The first-order chi connectivity index (χ1) is 15.7. The highest BCUT2D eigenvalue weighted by Crippen LogP contribution is 2.33. The van der Waals surface area contributed by atoms with Crippen LogP contribution in [0.15, 0.2) is 79.3 Å². The second kappa shape index (κ2) is 9.78. The molecule has 162 valence electrons. The lowest BCUT2D eigenvalue weighted by Gasteiger charge is -2.10. The zero-order valence-corrected chi connectivity index (χ0v) is 18.0. The molecule has 0 radical (unpaired) electrons. The molecule has 1 amide bonds. The number of pyridine rings is 1. The molecule has 0 atom stereocenters. The van der Waals surface area contributed by atoms with Crippen molar-refractivity contribution in [3.8, 4) is 28.4 Å². The minimum absolute atomic E-state index is 0.194.